The van der Waals surface area contributed by atoms with Crippen LogP contribution in [0.25, 0.3) is 10.2 Å². The van der Waals surface area contributed by atoms with Crippen LogP contribution in [0.2, 0.25) is 0 Å². The van der Waals surface area contributed by atoms with E-state index in [1.54, 1.807) is 17.7 Å². The first kappa shape index (κ1) is 13.7. The van der Waals surface area contributed by atoms with E-state index in [1.165, 1.54) is 29.2 Å². The summed E-state index contributed by atoms with van der Waals surface area (Å²) in [6, 6.07) is 2.15. The van der Waals surface area contributed by atoms with Gasteiger partial charge in [0.1, 0.15) is 22.8 Å². The third-order valence-electron chi connectivity index (χ3n) is 4.08. The monoisotopic (exact) mass is 313 g/mol. The second-order valence-electron chi connectivity index (χ2n) is 5.77. The van der Waals surface area contributed by atoms with Gasteiger partial charge in [-0.25, -0.2) is 15.0 Å². The summed E-state index contributed by atoms with van der Waals surface area (Å²) in [5, 5.41) is 4.56. The lowest BCUT2D eigenvalue weighted by atomic mass is 10.2. The highest BCUT2D eigenvalue weighted by Gasteiger charge is 2.12. The van der Waals surface area contributed by atoms with Crippen molar-refractivity contribution in [2.24, 2.45) is 0 Å². The van der Waals surface area contributed by atoms with Crippen molar-refractivity contribution < 1.29 is 0 Å². The number of rotatable bonds is 4. The predicted octanol–water partition coefficient (Wildman–Crippen LogP) is 3.19. The molecule has 0 spiro atoms. The molecule has 3 aromatic heterocycles. The van der Waals surface area contributed by atoms with E-state index >= 15 is 0 Å². The lowest BCUT2D eigenvalue weighted by molar-refractivity contribution is 0.522. The fraction of sp³-hybridized carbons (Fsp3) is 0.438. The fourth-order valence-electron chi connectivity index (χ4n) is 3.02. The maximum atomic E-state index is 4.74. The van der Waals surface area contributed by atoms with Gasteiger partial charge < -0.3 is 9.88 Å². The van der Waals surface area contributed by atoms with E-state index in [1.807, 2.05) is 0 Å². The van der Waals surface area contributed by atoms with Gasteiger partial charge in [0.05, 0.1) is 11.1 Å². The zero-order valence-electron chi connectivity index (χ0n) is 12.7. The van der Waals surface area contributed by atoms with E-state index in [2.05, 4.69) is 39.0 Å². The van der Waals surface area contributed by atoms with Crippen LogP contribution < -0.4 is 5.32 Å². The summed E-state index contributed by atoms with van der Waals surface area (Å²) in [6.07, 6.45) is 8.43. The lowest BCUT2D eigenvalue weighted by Crippen LogP contribution is -2.08. The Labute approximate surface area is 133 Å². The van der Waals surface area contributed by atoms with Crippen molar-refractivity contribution in [1.82, 2.24) is 19.5 Å². The molecular formula is C16H19N5S. The number of fused-ring (bicyclic) bond motifs is 2. The number of hydrogen-bond donors (Lipinski definition) is 1. The molecule has 5 nitrogen and oxygen atoms in total. The molecule has 0 saturated carbocycles. The molecule has 0 bridgehead atoms. The van der Waals surface area contributed by atoms with Gasteiger partial charge in [-0.1, -0.05) is 0 Å². The molecule has 22 heavy (non-hydrogen) atoms. The van der Waals surface area contributed by atoms with E-state index in [9.17, 15) is 0 Å². The summed E-state index contributed by atoms with van der Waals surface area (Å²) in [4.78, 5) is 15.8. The van der Waals surface area contributed by atoms with Crippen molar-refractivity contribution in [1.29, 1.82) is 0 Å². The summed E-state index contributed by atoms with van der Waals surface area (Å²) < 4.78 is 2.31. The third-order valence-corrected chi connectivity index (χ3v) is 5.04. The molecule has 1 aliphatic rings. The zero-order chi connectivity index (χ0) is 14.9. The Morgan fingerprint density at radius 2 is 2.27 bits per heavy atom. The third kappa shape index (κ3) is 2.59. The first-order chi connectivity index (χ1) is 10.8. The standard InChI is InChI=1S/C16H19N5S/c1-11-8-13-15(18-10-19-16(13)22-11)17-6-5-12-9-21-7-3-2-4-14(21)20-12/h8-10H,2-7H2,1H3,(H,17,18,19). The molecule has 0 radical (unpaired) electrons. The molecule has 1 N–H and O–H groups in total. The Bertz CT molecular complexity index is 781. The van der Waals surface area contributed by atoms with E-state index in [0.717, 1.165) is 42.0 Å². The predicted molar refractivity (Wildman–Crippen MR) is 89.5 cm³/mol. The van der Waals surface area contributed by atoms with Crippen molar-refractivity contribution in [3.8, 4) is 0 Å². The van der Waals surface area contributed by atoms with E-state index in [0.29, 0.717) is 0 Å². The van der Waals surface area contributed by atoms with E-state index in [-0.39, 0.29) is 0 Å². The van der Waals surface area contributed by atoms with Crippen molar-refractivity contribution in [2.75, 3.05) is 11.9 Å². The molecule has 6 heteroatoms. The maximum absolute atomic E-state index is 4.74. The molecule has 0 fully saturated rings. The number of imidazole rings is 1. The van der Waals surface area contributed by atoms with Crippen LogP contribution in [0.1, 0.15) is 29.2 Å². The van der Waals surface area contributed by atoms with Crippen LogP contribution in [0.3, 0.4) is 0 Å². The van der Waals surface area contributed by atoms with Crippen LogP contribution in [-0.4, -0.2) is 26.1 Å². The molecule has 4 rings (SSSR count). The van der Waals surface area contributed by atoms with Crippen molar-refractivity contribution >= 4 is 27.4 Å². The lowest BCUT2D eigenvalue weighted by Gasteiger charge is -2.11. The van der Waals surface area contributed by atoms with Crippen molar-refractivity contribution in [3.05, 3.63) is 35.0 Å². The summed E-state index contributed by atoms with van der Waals surface area (Å²) in [5.41, 5.74) is 1.18. The van der Waals surface area contributed by atoms with Crippen LogP contribution in [-0.2, 0) is 19.4 Å². The maximum Gasteiger partial charge on any atom is 0.138 e. The first-order valence-electron chi connectivity index (χ1n) is 7.79. The SMILES string of the molecule is Cc1cc2c(NCCc3cn4c(n3)CCCC4)ncnc2s1. The Morgan fingerprint density at radius 3 is 3.18 bits per heavy atom. The number of anilines is 1. The minimum atomic E-state index is 0.845. The Hall–Kier alpha value is -1.95. The smallest absolute Gasteiger partial charge is 0.138 e. The minimum Gasteiger partial charge on any atom is -0.369 e. The van der Waals surface area contributed by atoms with Crippen LogP contribution in [0.15, 0.2) is 18.6 Å². The van der Waals surface area contributed by atoms with Gasteiger partial charge in [-0.3, -0.25) is 0 Å². The molecular weight excluding hydrogens is 294 g/mol. The molecule has 4 heterocycles. The number of nitrogens with zero attached hydrogens (tertiary/aromatic N) is 4. The molecule has 3 aromatic rings. The Balaban J connectivity index is 1.45. The van der Waals surface area contributed by atoms with Crippen molar-refractivity contribution in [3.63, 3.8) is 0 Å². The average Bonchev–Trinajstić information content (AvgIpc) is 3.09. The molecule has 0 aliphatic carbocycles. The highest BCUT2D eigenvalue weighted by molar-refractivity contribution is 7.18. The van der Waals surface area contributed by atoms with Gasteiger partial charge in [-0.15, -0.1) is 11.3 Å². The number of thiophene rings is 1. The van der Waals surface area contributed by atoms with Crippen LogP contribution in [0, 0.1) is 6.92 Å². The van der Waals surface area contributed by atoms with Gasteiger partial charge >= 0.3 is 0 Å². The highest BCUT2D eigenvalue weighted by atomic mass is 32.1. The van der Waals surface area contributed by atoms with Crippen LogP contribution >= 0.6 is 11.3 Å². The number of hydrogen-bond acceptors (Lipinski definition) is 5. The average molecular weight is 313 g/mol. The zero-order valence-corrected chi connectivity index (χ0v) is 13.5. The van der Waals surface area contributed by atoms with Gasteiger partial charge in [-0.05, 0) is 25.8 Å². The van der Waals surface area contributed by atoms with Crippen molar-refractivity contribution in [2.45, 2.75) is 39.2 Å². The topological polar surface area (TPSA) is 55.6 Å². The van der Waals surface area contributed by atoms with Gasteiger partial charge in [0, 0.05) is 37.0 Å². The minimum absolute atomic E-state index is 0.845. The van der Waals surface area contributed by atoms with Gasteiger partial charge in [0.2, 0.25) is 0 Å². The number of aryl methyl sites for hydroxylation is 3. The summed E-state index contributed by atoms with van der Waals surface area (Å²) in [7, 11) is 0. The largest absolute Gasteiger partial charge is 0.369 e. The second kappa shape index (κ2) is 5.68. The Kier molecular flexibility index (Phi) is 3.54. The molecule has 114 valence electrons. The first-order valence-corrected chi connectivity index (χ1v) is 8.61. The number of nitrogens with one attached hydrogen (secondary N) is 1. The fourth-order valence-corrected chi connectivity index (χ4v) is 3.87. The van der Waals surface area contributed by atoms with Gasteiger partial charge in [-0.2, -0.15) is 0 Å². The normalized spacial score (nSPS) is 14.2. The quantitative estimate of drug-likeness (QED) is 0.804. The van der Waals surface area contributed by atoms with Crippen LogP contribution in [0.4, 0.5) is 5.82 Å². The van der Waals surface area contributed by atoms with E-state index < -0.39 is 0 Å². The summed E-state index contributed by atoms with van der Waals surface area (Å²) in [6.45, 7) is 4.07. The number of aromatic nitrogens is 4. The molecule has 0 atom stereocenters. The summed E-state index contributed by atoms with van der Waals surface area (Å²) in [5.74, 6) is 2.18. The second-order valence-corrected chi connectivity index (χ2v) is 7.01. The molecule has 0 amide bonds. The molecule has 1 aliphatic heterocycles. The van der Waals surface area contributed by atoms with Gasteiger partial charge in [0.25, 0.3) is 0 Å². The Morgan fingerprint density at radius 1 is 1.32 bits per heavy atom. The van der Waals surface area contributed by atoms with Gasteiger partial charge in [0.15, 0.2) is 0 Å². The summed E-state index contributed by atoms with van der Waals surface area (Å²) >= 11 is 1.71. The highest BCUT2D eigenvalue weighted by Crippen LogP contribution is 2.27. The molecule has 0 aromatic carbocycles. The van der Waals surface area contributed by atoms with Crippen LogP contribution in [0.5, 0.6) is 0 Å². The van der Waals surface area contributed by atoms with E-state index in [4.69, 9.17) is 4.98 Å². The molecule has 0 unspecified atom stereocenters. The molecule has 0 saturated heterocycles.